The lowest BCUT2D eigenvalue weighted by atomic mass is 10.1. The Bertz CT molecular complexity index is 441. The minimum absolute atomic E-state index is 0.00283. The number of carbonyl (C=O) groups excluding carboxylic acids is 1. The molecule has 0 aliphatic heterocycles. The van der Waals surface area contributed by atoms with Crippen molar-refractivity contribution in [2.24, 2.45) is 5.92 Å². The van der Waals surface area contributed by atoms with E-state index in [4.69, 9.17) is 14.2 Å². The Morgan fingerprint density at radius 1 is 1.28 bits per heavy atom. The van der Waals surface area contributed by atoms with Crippen LogP contribution in [0.25, 0.3) is 0 Å². The number of benzene rings is 1. The number of ether oxygens (including phenoxy) is 3. The van der Waals surface area contributed by atoms with Crippen molar-refractivity contribution in [1.29, 1.82) is 0 Å². The Morgan fingerprint density at radius 3 is 2.61 bits per heavy atom. The van der Waals surface area contributed by atoms with E-state index in [-0.39, 0.29) is 17.8 Å². The number of hydrogen-bond donors (Lipinski definition) is 0. The molecule has 2 atom stereocenters. The van der Waals surface area contributed by atoms with Gasteiger partial charge in [0.1, 0.15) is 0 Å². The molecule has 1 saturated carbocycles. The zero-order chi connectivity index (χ0) is 13.1. The molecule has 0 amide bonds. The minimum Gasteiger partial charge on any atom is -0.493 e. The molecule has 0 aromatic heterocycles. The van der Waals surface area contributed by atoms with E-state index in [1.54, 1.807) is 14.2 Å². The number of methoxy groups -OCH3 is 2. The van der Waals surface area contributed by atoms with Crippen LogP contribution in [0.3, 0.4) is 0 Å². The normalized spacial score (nSPS) is 21.3. The van der Waals surface area contributed by atoms with E-state index in [0.717, 1.165) is 12.0 Å². The van der Waals surface area contributed by atoms with Gasteiger partial charge < -0.3 is 14.2 Å². The molecule has 1 aliphatic rings. The summed E-state index contributed by atoms with van der Waals surface area (Å²) in [7, 11) is 3.22. The Kier molecular flexibility index (Phi) is 3.75. The summed E-state index contributed by atoms with van der Waals surface area (Å²) in [6.45, 7) is 2.26. The second kappa shape index (κ2) is 5.29. The first-order chi connectivity index (χ1) is 8.71. The van der Waals surface area contributed by atoms with Crippen LogP contribution in [0.4, 0.5) is 0 Å². The molecule has 0 heterocycles. The topological polar surface area (TPSA) is 44.8 Å². The van der Waals surface area contributed by atoms with Crippen molar-refractivity contribution < 1.29 is 19.0 Å². The van der Waals surface area contributed by atoms with Gasteiger partial charge in [0.05, 0.1) is 26.7 Å². The van der Waals surface area contributed by atoms with Crippen molar-refractivity contribution in [3.05, 3.63) is 23.8 Å². The summed E-state index contributed by atoms with van der Waals surface area (Å²) in [5, 5.41) is 0. The first-order valence-corrected chi connectivity index (χ1v) is 6.09. The van der Waals surface area contributed by atoms with Crippen molar-refractivity contribution in [2.45, 2.75) is 19.3 Å². The highest BCUT2D eigenvalue weighted by Crippen LogP contribution is 2.49. The molecular formula is C14H18O4. The average Bonchev–Trinajstić information content (AvgIpc) is 3.18. The molecule has 2 unspecified atom stereocenters. The molecule has 18 heavy (non-hydrogen) atoms. The largest absolute Gasteiger partial charge is 0.493 e. The van der Waals surface area contributed by atoms with Crippen LogP contribution in [-0.2, 0) is 9.53 Å². The van der Waals surface area contributed by atoms with Crippen molar-refractivity contribution in [3.8, 4) is 11.5 Å². The molecular weight excluding hydrogens is 232 g/mol. The van der Waals surface area contributed by atoms with E-state index in [2.05, 4.69) is 0 Å². The molecule has 0 saturated heterocycles. The summed E-state index contributed by atoms with van der Waals surface area (Å²) in [5.74, 6) is 1.56. The molecule has 0 N–H and O–H groups in total. The average molecular weight is 250 g/mol. The van der Waals surface area contributed by atoms with Gasteiger partial charge in [0.15, 0.2) is 11.5 Å². The fraction of sp³-hybridized carbons (Fsp3) is 0.500. The van der Waals surface area contributed by atoms with Crippen molar-refractivity contribution in [1.82, 2.24) is 0 Å². The number of hydrogen-bond acceptors (Lipinski definition) is 4. The van der Waals surface area contributed by atoms with Crippen molar-refractivity contribution in [2.75, 3.05) is 20.8 Å². The predicted octanol–water partition coefficient (Wildman–Crippen LogP) is 2.37. The van der Waals surface area contributed by atoms with Gasteiger partial charge in [-0.25, -0.2) is 0 Å². The monoisotopic (exact) mass is 250 g/mol. The highest BCUT2D eigenvalue weighted by molar-refractivity contribution is 5.77. The molecule has 2 rings (SSSR count). The zero-order valence-electron chi connectivity index (χ0n) is 10.9. The van der Waals surface area contributed by atoms with E-state index in [1.807, 2.05) is 25.1 Å². The highest BCUT2D eigenvalue weighted by Gasteiger charge is 2.45. The molecule has 0 spiro atoms. The Morgan fingerprint density at radius 2 is 2.00 bits per heavy atom. The van der Waals surface area contributed by atoms with Crippen LogP contribution in [0.1, 0.15) is 24.8 Å². The predicted molar refractivity (Wildman–Crippen MR) is 67.0 cm³/mol. The van der Waals surface area contributed by atoms with Crippen LogP contribution in [0, 0.1) is 5.92 Å². The van der Waals surface area contributed by atoms with Crippen molar-refractivity contribution >= 4 is 5.97 Å². The molecule has 0 radical (unpaired) electrons. The SMILES string of the molecule is CCOC(=O)C1CC1c1ccc(OC)c(OC)c1. The summed E-state index contributed by atoms with van der Waals surface area (Å²) in [6, 6.07) is 5.78. The lowest BCUT2D eigenvalue weighted by Gasteiger charge is -2.09. The van der Waals surface area contributed by atoms with Gasteiger partial charge in [-0.2, -0.15) is 0 Å². The molecule has 4 nitrogen and oxygen atoms in total. The van der Waals surface area contributed by atoms with Gasteiger partial charge in [0.2, 0.25) is 0 Å². The third-order valence-electron chi connectivity index (χ3n) is 3.22. The lowest BCUT2D eigenvalue weighted by molar-refractivity contribution is -0.144. The number of esters is 1. The number of carbonyl (C=O) groups is 1. The van der Waals surface area contributed by atoms with Gasteiger partial charge in [-0.1, -0.05) is 6.07 Å². The van der Waals surface area contributed by atoms with E-state index >= 15 is 0 Å². The van der Waals surface area contributed by atoms with Crippen LogP contribution in [0.15, 0.2) is 18.2 Å². The quantitative estimate of drug-likeness (QED) is 0.753. The molecule has 1 aromatic carbocycles. The van der Waals surface area contributed by atoms with Gasteiger partial charge in [-0.05, 0) is 37.0 Å². The van der Waals surface area contributed by atoms with Crippen LogP contribution in [-0.4, -0.2) is 26.8 Å². The standard InChI is InChI=1S/C14H18O4/c1-4-18-14(15)11-8-10(11)9-5-6-12(16-2)13(7-9)17-3/h5-7,10-11H,4,8H2,1-3H3. The fourth-order valence-electron chi connectivity index (χ4n) is 2.16. The maximum Gasteiger partial charge on any atom is 0.309 e. The van der Waals surface area contributed by atoms with Crippen LogP contribution < -0.4 is 9.47 Å². The lowest BCUT2D eigenvalue weighted by Crippen LogP contribution is -2.07. The zero-order valence-corrected chi connectivity index (χ0v) is 10.9. The van der Waals surface area contributed by atoms with E-state index in [1.165, 1.54) is 0 Å². The van der Waals surface area contributed by atoms with E-state index in [9.17, 15) is 4.79 Å². The van der Waals surface area contributed by atoms with Crippen molar-refractivity contribution in [3.63, 3.8) is 0 Å². The number of rotatable bonds is 5. The Balaban J connectivity index is 2.10. The van der Waals surface area contributed by atoms with Crippen LogP contribution in [0.5, 0.6) is 11.5 Å². The molecule has 1 fully saturated rings. The minimum atomic E-state index is -0.0997. The second-order valence-electron chi connectivity index (χ2n) is 4.32. The van der Waals surface area contributed by atoms with Crippen LogP contribution >= 0.6 is 0 Å². The smallest absolute Gasteiger partial charge is 0.309 e. The molecule has 1 aromatic rings. The fourth-order valence-corrected chi connectivity index (χ4v) is 2.16. The maximum atomic E-state index is 11.6. The summed E-state index contributed by atoms with van der Waals surface area (Å²) in [5.41, 5.74) is 1.10. The first-order valence-electron chi connectivity index (χ1n) is 6.09. The maximum absolute atomic E-state index is 11.6. The van der Waals surface area contributed by atoms with Gasteiger partial charge in [-0.15, -0.1) is 0 Å². The summed E-state index contributed by atoms with van der Waals surface area (Å²) in [4.78, 5) is 11.6. The summed E-state index contributed by atoms with van der Waals surface area (Å²) in [6.07, 6.45) is 0.855. The van der Waals surface area contributed by atoms with Crippen LogP contribution in [0.2, 0.25) is 0 Å². The highest BCUT2D eigenvalue weighted by atomic mass is 16.5. The van der Waals surface area contributed by atoms with Gasteiger partial charge in [-0.3, -0.25) is 4.79 Å². The third kappa shape index (κ3) is 2.42. The van der Waals surface area contributed by atoms with Gasteiger partial charge in [0.25, 0.3) is 0 Å². The molecule has 1 aliphatic carbocycles. The Labute approximate surface area is 107 Å². The third-order valence-corrected chi connectivity index (χ3v) is 3.22. The Hall–Kier alpha value is -1.71. The summed E-state index contributed by atoms with van der Waals surface area (Å²) >= 11 is 0. The molecule has 98 valence electrons. The summed E-state index contributed by atoms with van der Waals surface area (Å²) < 4.78 is 15.5. The second-order valence-corrected chi connectivity index (χ2v) is 4.32. The van der Waals surface area contributed by atoms with E-state index in [0.29, 0.717) is 18.1 Å². The van der Waals surface area contributed by atoms with Gasteiger partial charge in [0, 0.05) is 0 Å². The van der Waals surface area contributed by atoms with E-state index < -0.39 is 0 Å². The molecule has 0 bridgehead atoms. The van der Waals surface area contributed by atoms with Gasteiger partial charge >= 0.3 is 5.97 Å². The molecule has 4 heteroatoms. The first kappa shape index (κ1) is 12.7.